The van der Waals surface area contributed by atoms with Gasteiger partial charge in [0.15, 0.2) is 0 Å². The normalized spacial score (nSPS) is 31.4. The number of aromatic nitrogens is 1. The Morgan fingerprint density at radius 3 is 2.70 bits per heavy atom. The topological polar surface area (TPSA) is 97.9 Å². The molecule has 180 valence electrons. The number of fused-ring (bicyclic) bond motifs is 3. The van der Waals surface area contributed by atoms with Crippen LogP contribution in [0, 0.1) is 0 Å². The van der Waals surface area contributed by atoms with E-state index in [1.165, 1.54) is 10.4 Å². The van der Waals surface area contributed by atoms with E-state index in [1.54, 1.807) is 11.3 Å². The van der Waals surface area contributed by atoms with Crippen LogP contribution in [0.4, 0.5) is 0 Å². The lowest BCUT2D eigenvalue weighted by atomic mass is 9.89. The second-order valence-corrected chi connectivity index (χ2v) is 11.1. The van der Waals surface area contributed by atoms with E-state index >= 15 is 0 Å². The van der Waals surface area contributed by atoms with Gasteiger partial charge in [-0.3, -0.25) is 9.69 Å². The summed E-state index contributed by atoms with van der Waals surface area (Å²) in [6.07, 6.45) is 7.53. The molecule has 0 unspecified atom stereocenters. The van der Waals surface area contributed by atoms with E-state index in [1.807, 2.05) is 12.3 Å². The second kappa shape index (κ2) is 9.49. The Morgan fingerprint density at radius 2 is 2.00 bits per heavy atom. The van der Waals surface area contributed by atoms with Crippen LogP contribution in [0.15, 0.2) is 12.3 Å². The number of morpholine rings is 1. The number of hydrogen-bond acceptors (Lipinski definition) is 7. The van der Waals surface area contributed by atoms with E-state index in [9.17, 15) is 9.90 Å². The van der Waals surface area contributed by atoms with Crippen LogP contribution in [0.2, 0.25) is 0 Å². The summed E-state index contributed by atoms with van der Waals surface area (Å²) in [7, 11) is 0. The zero-order chi connectivity index (χ0) is 23.1. The zero-order valence-corrected chi connectivity index (χ0v) is 20.4. The molecule has 0 radical (unpaired) electrons. The molecule has 3 heterocycles. The number of aliphatic hydroxyl groups excluding tert-OH is 1. The van der Waals surface area contributed by atoms with Crippen molar-refractivity contribution in [1.82, 2.24) is 9.88 Å². The van der Waals surface area contributed by atoms with Crippen molar-refractivity contribution >= 4 is 27.5 Å². The van der Waals surface area contributed by atoms with Gasteiger partial charge < -0.3 is 20.3 Å². The van der Waals surface area contributed by atoms with Crippen LogP contribution in [-0.4, -0.2) is 64.4 Å². The molecule has 3 aliphatic rings. The van der Waals surface area contributed by atoms with Gasteiger partial charge in [-0.2, -0.15) is 0 Å². The van der Waals surface area contributed by atoms with Crippen molar-refractivity contribution in [3.8, 4) is 5.75 Å². The monoisotopic (exact) mass is 473 g/mol. The summed E-state index contributed by atoms with van der Waals surface area (Å²) < 4.78 is 12.3. The number of nitrogens with two attached hydrogens (primary N) is 1. The lowest BCUT2D eigenvalue weighted by molar-refractivity contribution is -0.126. The summed E-state index contributed by atoms with van der Waals surface area (Å²) >= 11 is 1.71. The van der Waals surface area contributed by atoms with Gasteiger partial charge in [0.25, 0.3) is 0 Å². The maximum atomic E-state index is 11.4. The van der Waals surface area contributed by atoms with Crippen LogP contribution in [0.1, 0.15) is 68.7 Å². The first kappa shape index (κ1) is 23.0. The molecular weight excluding hydrogens is 438 g/mol. The number of nitrogens with zero attached hydrogens (tertiary/aromatic N) is 2. The van der Waals surface area contributed by atoms with Gasteiger partial charge in [0, 0.05) is 29.2 Å². The lowest BCUT2D eigenvalue weighted by Gasteiger charge is -2.46. The van der Waals surface area contributed by atoms with E-state index in [0.29, 0.717) is 24.5 Å². The summed E-state index contributed by atoms with van der Waals surface area (Å²) in [5.41, 5.74) is 6.54. The maximum Gasteiger partial charge on any atom is 0.246 e. The molecule has 0 bridgehead atoms. The third-order valence-corrected chi connectivity index (χ3v) is 8.90. The van der Waals surface area contributed by atoms with Gasteiger partial charge in [-0.05, 0) is 76.3 Å². The third-order valence-electron chi connectivity index (χ3n) is 7.73. The number of primary amides is 1. The molecule has 2 aliphatic carbocycles. The summed E-state index contributed by atoms with van der Waals surface area (Å²) in [4.78, 5) is 21.0. The summed E-state index contributed by atoms with van der Waals surface area (Å²) in [6.45, 7) is 6.19. The van der Waals surface area contributed by atoms with Crippen molar-refractivity contribution in [2.75, 3.05) is 13.2 Å². The predicted octanol–water partition coefficient (Wildman–Crippen LogP) is 3.36. The molecule has 7 nitrogen and oxygen atoms in total. The quantitative estimate of drug-likeness (QED) is 0.668. The van der Waals surface area contributed by atoms with E-state index in [-0.39, 0.29) is 12.0 Å². The fraction of sp³-hybridized carbons (Fsp3) is 0.680. The summed E-state index contributed by atoms with van der Waals surface area (Å²) in [6, 6.07) is 3.52. The standard InChI is InChI=1S/C25H35N3O4S/c1-14-12-31-13-15(2)28(14)17-4-6-18(7-5-17)32-20-9-10-27-25-23(20)22-16(3-8-21(22)33-25)11-19(29)24(26)30/h9-10,14-19,29H,3-8,11-13H2,1-2H3,(H2,26,30)/t14-,15-,16+,17?,18?,19-/m0/s1. The van der Waals surface area contributed by atoms with E-state index < -0.39 is 12.0 Å². The minimum absolute atomic E-state index is 0.114. The Balaban J connectivity index is 1.31. The molecular formula is C25H35N3O4S. The zero-order valence-electron chi connectivity index (χ0n) is 19.5. The molecule has 8 heteroatoms. The number of thiophene rings is 1. The number of carbonyl (C=O) groups excluding carboxylic acids is 1. The first-order chi connectivity index (χ1) is 15.9. The number of pyridine rings is 1. The van der Waals surface area contributed by atoms with Crippen LogP contribution in [0.5, 0.6) is 5.75 Å². The maximum absolute atomic E-state index is 11.4. The Morgan fingerprint density at radius 1 is 1.27 bits per heavy atom. The van der Waals surface area contributed by atoms with Crippen molar-refractivity contribution < 1.29 is 19.4 Å². The van der Waals surface area contributed by atoms with Crippen LogP contribution < -0.4 is 10.5 Å². The smallest absolute Gasteiger partial charge is 0.246 e. The van der Waals surface area contributed by atoms with E-state index in [4.69, 9.17) is 15.2 Å². The van der Waals surface area contributed by atoms with Crippen LogP contribution >= 0.6 is 11.3 Å². The van der Waals surface area contributed by atoms with E-state index in [2.05, 4.69) is 23.7 Å². The van der Waals surface area contributed by atoms with Crippen molar-refractivity contribution in [3.63, 3.8) is 0 Å². The Kier molecular flexibility index (Phi) is 6.62. The minimum atomic E-state index is -1.11. The highest BCUT2D eigenvalue weighted by Gasteiger charge is 2.36. The molecule has 2 aromatic heterocycles. The molecule has 1 saturated carbocycles. The molecule has 5 rings (SSSR count). The summed E-state index contributed by atoms with van der Waals surface area (Å²) in [5, 5.41) is 11.2. The van der Waals surface area contributed by atoms with Gasteiger partial charge in [0.2, 0.25) is 5.91 Å². The van der Waals surface area contributed by atoms with Crippen LogP contribution in [0.25, 0.3) is 10.2 Å². The fourth-order valence-corrected chi connectivity index (χ4v) is 7.48. The predicted molar refractivity (Wildman–Crippen MR) is 129 cm³/mol. The van der Waals surface area contributed by atoms with Gasteiger partial charge in [0.05, 0.1) is 24.7 Å². The highest BCUT2D eigenvalue weighted by atomic mass is 32.1. The number of aliphatic hydroxyl groups is 1. The van der Waals surface area contributed by atoms with Gasteiger partial charge >= 0.3 is 0 Å². The molecule has 2 aromatic rings. The fourth-order valence-electron chi connectivity index (χ4n) is 6.23. The van der Waals surface area contributed by atoms with Gasteiger partial charge in [-0.25, -0.2) is 4.98 Å². The lowest BCUT2D eigenvalue weighted by Crippen LogP contribution is -2.55. The first-order valence-corrected chi connectivity index (χ1v) is 13.1. The number of rotatable bonds is 6. The average Bonchev–Trinajstić information content (AvgIpc) is 3.35. The first-order valence-electron chi connectivity index (χ1n) is 12.3. The van der Waals surface area contributed by atoms with Crippen LogP contribution in [0.3, 0.4) is 0 Å². The van der Waals surface area contributed by atoms with Crippen molar-refractivity contribution in [2.45, 2.75) is 95.0 Å². The number of hydrogen-bond donors (Lipinski definition) is 2. The number of aryl methyl sites for hydroxylation is 1. The Labute approximate surface area is 199 Å². The van der Waals surface area contributed by atoms with Crippen molar-refractivity contribution in [2.24, 2.45) is 5.73 Å². The van der Waals surface area contributed by atoms with Crippen molar-refractivity contribution in [3.05, 3.63) is 22.7 Å². The molecule has 4 atom stereocenters. The molecule has 3 N–H and O–H groups in total. The van der Waals surface area contributed by atoms with Gasteiger partial charge in [0.1, 0.15) is 16.7 Å². The van der Waals surface area contributed by atoms with E-state index in [0.717, 1.165) is 67.7 Å². The number of carbonyl (C=O) groups is 1. The van der Waals surface area contributed by atoms with Gasteiger partial charge in [-0.1, -0.05) is 0 Å². The average molecular weight is 474 g/mol. The molecule has 0 spiro atoms. The Hall–Kier alpha value is -1.74. The highest BCUT2D eigenvalue weighted by Crippen LogP contribution is 2.48. The number of ether oxygens (including phenoxy) is 2. The Bertz CT molecular complexity index is 993. The van der Waals surface area contributed by atoms with Gasteiger partial charge in [-0.15, -0.1) is 11.3 Å². The molecule has 1 amide bonds. The van der Waals surface area contributed by atoms with Crippen LogP contribution in [-0.2, 0) is 16.0 Å². The molecule has 33 heavy (non-hydrogen) atoms. The largest absolute Gasteiger partial charge is 0.490 e. The molecule has 1 aliphatic heterocycles. The molecule has 2 fully saturated rings. The minimum Gasteiger partial charge on any atom is -0.490 e. The highest BCUT2D eigenvalue weighted by molar-refractivity contribution is 7.19. The number of amides is 1. The molecule has 1 saturated heterocycles. The van der Waals surface area contributed by atoms with Crippen molar-refractivity contribution in [1.29, 1.82) is 0 Å². The second-order valence-electron chi connectivity index (χ2n) is 10.0. The summed E-state index contributed by atoms with van der Waals surface area (Å²) in [5.74, 6) is 0.357. The SMILES string of the molecule is C[C@H]1COC[C@H](C)N1C1CCC(Oc2ccnc3sc4c(c23)[C@@H](C[C@H](O)C(N)=O)CC4)CC1. The molecule has 0 aromatic carbocycles. The third kappa shape index (κ3) is 4.50.